The number of carbonyl (C=O) groups excluding carboxylic acids is 6. The van der Waals surface area contributed by atoms with Crippen LogP contribution in [0.5, 0.6) is 0 Å². The lowest BCUT2D eigenvalue weighted by Gasteiger charge is -2.29. The van der Waals surface area contributed by atoms with Crippen LogP contribution in [-0.4, -0.2) is 94.9 Å². The molecule has 6 atom stereocenters. The highest BCUT2D eigenvalue weighted by Gasteiger charge is 2.41. The number of halogens is 3. The normalized spacial score (nSPS) is 25.4. The van der Waals surface area contributed by atoms with E-state index >= 15 is 0 Å². The number of rotatable bonds is 7. The molecule has 2 aliphatic heterocycles. The van der Waals surface area contributed by atoms with E-state index in [0.29, 0.717) is 5.56 Å². The monoisotopic (exact) mass is 744 g/mol. The third kappa shape index (κ3) is 11.8. The highest BCUT2D eigenvalue weighted by Crippen LogP contribution is 2.29. The van der Waals surface area contributed by atoms with E-state index in [4.69, 9.17) is 0 Å². The van der Waals surface area contributed by atoms with Gasteiger partial charge in [0.15, 0.2) is 0 Å². The zero-order valence-electron chi connectivity index (χ0n) is 29.9. The first-order valence-corrected chi connectivity index (χ1v) is 17.7. The molecule has 16 heteroatoms. The highest BCUT2D eigenvalue weighted by atomic mass is 19.4. The van der Waals surface area contributed by atoms with E-state index in [1.807, 2.05) is 13.8 Å². The summed E-state index contributed by atoms with van der Waals surface area (Å²) in [6, 6.07) is 7.16. The van der Waals surface area contributed by atoms with Crippen molar-refractivity contribution in [3.8, 4) is 0 Å². The van der Waals surface area contributed by atoms with Crippen LogP contribution in [0.15, 0.2) is 54.6 Å². The molecule has 2 aliphatic rings. The van der Waals surface area contributed by atoms with Gasteiger partial charge in [0, 0.05) is 25.9 Å². The Labute approximate surface area is 305 Å². The second-order valence-electron chi connectivity index (χ2n) is 14.0. The molecule has 2 aromatic carbocycles. The van der Waals surface area contributed by atoms with E-state index in [1.165, 1.54) is 24.0 Å². The van der Waals surface area contributed by atoms with Crippen molar-refractivity contribution in [2.75, 3.05) is 13.1 Å². The van der Waals surface area contributed by atoms with E-state index in [9.17, 15) is 47.0 Å². The number of fused-ring (bicyclic) bond motifs is 1. The van der Waals surface area contributed by atoms with Crippen LogP contribution in [0.3, 0.4) is 0 Å². The Morgan fingerprint density at radius 3 is 2.17 bits per heavy atom. The molecule has 2 saturated heterocycles. The Balaban J connectivity index is 1.63. The van der Waals surface area contributed by atoms with Gasteiger partial charge in [0.2, 0.25) is 35.4 Å². The van der Waals surface area contributed by atoms with Crippen molar-refractivity contribution in [2.45, 2.75) is 102 Å². The van der Waals surface area contributed by atoms with Gasteiger partial charge in [0.1, 0.15) is 30.2 Å². The fraction of sp³-hybridized carbons (Fsp3) is 0.514. The third-order valence-corrected chi connectivity index (χ3v) is 9.12. The number of nitrogens with one attached hydrogen (secondary N) is 5. The van der Waals surface area contributed by atoms with Crippen LogP contribution < -0.4 is 26.6 Å². The number of benzene rings is 2. The summed E-state index contributed by atoms with van der Waals surface area (Å²) in [4.78, 5) is 82.4. The van der Waals surface area contributed by atoms with Crippen LogP contribution in [0.2, 0.25) is 0 Å². The standard InChI is InChI=1S/C37H47F3N6O7/c1-21(2)16-28-33(50)42-22(3)36(53)46-20-26(47)19-30(46)35(52)41-15-7-10-27(43-31(48)18-24-11-13-25(14-12-24)37(38,39)40)32(49)45-29(34(51)44-28)17-23-8-5-4-6-9-23/h4-6,8-9,11-14,21-22,26-30,47H,7,10,15-20H2,1-3H3,(H,41,52)(H,42,50)(H,43,48)(H,44,51)(H,45,49)/t22-,26+,27-,28-,29+,30-/m0/s1. The second kappa shape index (κ2) is 18.2. The molecule has 53 heavy (non-hydrogen) atoms. The van der Waals surface area contributed by atoms with Crippen molar-refractivity contribution < 1.29 is 47.0 Å². The summed E-state index contributed by atoms with van der Waals surface area (Å²) >= 11 is 0. The Kier molecular flexibility index (Phi) is 14.0. The zero-order chi connectivity index (χ0) is 38.9. The van der Waals surface area contributed by atoms with E-state index in [2.05, 4.69) is 26.6 Å². The predicted molar refractivity (Wildman–Crippen MR) is 187 cm³/mol. The Morgan fingerprint density at radius 1 is 0.887 bits per heavy atom. The van der Waals surface area contributed by atoms with Crippen LogP contribution in [-0.2, 0) is 47.8 Å². The first-order chi connectivity index (χ1) is 25.0. The summed E-state index contributed by atoms with van der Waals surface area (Å²) in [7, 11) is 0. The molecule has 0 saturated carbocycles. The quantitative estimate of drug-likeness (QED) is 0.247. The molecule has 13 nitrogen and oxygen atoms in total. The first-order valence-electron chi connectivity index (χ1n) is 17.7. The van der Waals surface area contributed by atoms with Crippen LogP contribution in [0.1, 0.15) is 63.1 Å². The van der Waals surface area contributed by atoms with Crippen molar-refractivity contribution >= 4 is 35.4 Å². The van der Waals surface area contributed by atoms with Crippen molar-refractivity contribution in [1.82, 2.24) is 31.5 Å². The molecule has 6 amide bonds. The fourth-order valence-corrected chi connectivity index (χ4v) is 6.38. The SMILES string of the molecule is CC(C)C[C@@H]1NC(=O)[C@@H](Cc2ccccc2)NC(=O)[C@@H](NC(=O)Cc2ccc(C(F)(F)F)cc2)CCCNC(=O)[C@@H]2C[C@@H](O)CN2C(=O)[C@H](C)NC1=O. The summed E-state index contributed by atoms with van der Waals surface area (Å²) in [6.45, 7) is 5.03. The molecule has 0 spiro atoms. The number of alkyl halides is 3. The molecule has 6 N–H and O–H groups in total. The minimum atomic E-state index is -4.55. The highest BCUT2D eigenvalue weighted by molar-refractivity contribution is 5.96. The van der Waals surface area contributed by atoms with Gasteiger partial charge in [-0.25, -0.2) is 0 Å². The first kappa shape index (κ1) is 40.8. The summed E-state index contributed by atoms with van der Waals surface area (Å²) in [6.07, 6.45) is -5.56. The maximum atomic E-state index is 13.9. The lowest BCUT2D eigenvalue weighted by Crippen LogP contribution is -2.59. The van der Waals surface area contributed by atoms with E-state index in [-0.39, 0.29) is 63.1 Å². The van der Waals surface area contributed by atoms with Gasteiger partial charge in [-0.1, -0.05) is 56.3 Å². The largest absolute Gasteiger partial charge is 0.416 e. The summed E-state index contributed by atoms with van der Waals surface area (Å²) < 4.78 is 39.2. The number of hydrogen-bond acceptors (Lipinski definition) is 7. The zero-order valence-corrected chi connectivity index (χ0v) is 29.9. The van der Waals surface area contributed by atoms with Crippen molar-refractivity contribution in [2.24, 2.45) is 5.92 Å². The molecular formula is C37H47F3N6O7. The average molecular weight is 745 g/mol. The Morgan fingerprint density at radius 2 is 1.53 bits per heavy atom. The number of aliphatic hydroxyl groups excluding tert-OH is 1. The molecule has 0 aromatic heterocycles. The van der Waals surface area contributed by atoms with Gasteiger partial charge in [-0.15, -0.1) is 0 Å². The Bertz CT molecular complexity index is 1620. The topological polar surface area (TPSA) is 186 Å². The lowest BCUT2D eigenvalue weighted by molar-refractivity contribution is -0.141. The number of nitrogens with zero attached hydrogens (tertiary/aromatic N) is 1. The molecule has 2 fully saturated rings. The molecule has 0 aliphatic carbocycles. The van der Waals surface area contributed by atoms with E-state index in [0.717, 1.165) is 12.1 Å². The van der Waals surface area contributed by atoms with Crippen molar-refractivity contribution in [1.29, 1.82) is 0 Å². The van der Waals surface area contributed by atoms with Crippen molar-refractivity contribution in [3.05, 3.63) is 71.3 Å². The van der Waals surface area contributed by atoms with Crippen LogP contribution in [0.4, 0.5) is 13.2 Å². The van der Waals surface area contributed by atoms with Gasteiger partial charge >= 0.3 is 6.18 Å². The van der Waals surface area contributed by atoms with E-state index < -0.39 is 83.5 Å². The molecule has 2 aromatic rings. The maximum Gasteiger partial charge on any atom is 0.416 e. The minimum absolute atomic E-state index is 0.0170. The fourth-order valence-electron chi connectivity index (χ4n) is 6.38. The Hall–Kier alpha value is -4.99. The van der Waals surface area contributed by atoms with Crippen LogP contribution in [0.25, 0.3) is 0 Å². The number of hydrogen-bond donors (Lipinski definition) is 6. The smallest absolute Gasteiger partial charge is 0.391 e. The molecular weight excluding hydrogens is 697 g/mol. The average Bonchev–Trinajstić information content (AvgIpc) is 3.49. The summed E-state index contributed by atoms with van der Waals surface area (Å²) in [5, 5.41) is 23.8. The summed E-state index contributed by atoms with van der Waals surface area (Å²) in [5.41, 5.74) is 0.0790. The van der Waals surface area contributed by atoms with Gasteiger partial charge in [0.25, 0.3) is 0 Å². The third-order valence-electron chi connectivity index (χ3n) is 9.12. The molecule has 0 radical (unpaired) electrons. The van der Waals surface area contributed by atoms with Gasteiger partial charge in [0.05, 0.1) is 18.1 Å². The second-order valence-corrected chi connectivity index (χ2v) is 14.0. The maximum absolute atomic E-state index is 13.9. The predicted octanol–water partition coefficient (Wildman–Crippen LogP) is 1.37. The molecule has 288 valence electrons. The van der Waals surface area contributed by atoms with Gasteiger partial charge in [-0.05, 0) is 55.4 Å². The minimum Gasteiger partial charge on any atom is -0.391 e. The summed E-state index contributed by atoms with van der Waals surface area (Å²) in [5.74, 6) is -3.96. The van der Waals surface area contributed by atoms with Gasteiger partial charge < -0.3 is 36.6 Å². The van der Waals surface area contributed by atoms with Crippen LogP contribution >= 0.6 is 0 Å². The number of carbonyl (C=O) groups is 6. The van der Waals surface area contributed by atoms with Gasteiger partial charge in [-0.2, -0.15) is 13.2 Å². The van der Waals surface area contributed by atoms with Gasteiger partial charge in [-0.3, -0.25) is 28.8 Å². The number of amides is 6. The molecule has 2 heterocycles. The van der Waals surface area contributed by atoms with Crippen LogP contribution in [0, 0.1) is 5.92 Å². The molecule has 0 bridgehead atoms. The lowest BCUT2D eigenvalue weighted by atomic mass is 10.00. The molecule has 0 unspecified atom stereocenters. The number of aliphatic hydroxyl groups is 1. The van der Waals surface area contributed by atoms with Crippen molar-refractivity contribution in [3.63, 3.8) is 0 Å². The van der Waals surface area contributed by atoms with E-state index in [1.54, 1.807) is 30.3 Å². The molecule has 4 rings (SSSR count).